The number of ether oxygens (including phenoxy) is 2. The molecule has 0 aromatic heterocycles. The molecule has 4 nitrogen and oxygen atoms in total. The van der Waals surface area contributed by atoms with Gasteiger partial charge in [-0.1, -0.05) is 67.2 Å². The van der Waals surface area contributed by atoms with E-state index in [9.17, 15) is 9.59 Å². The topological polar surface area (TPSA) is 52.6 Å². The SMILES string of the molecule is C=C(C(=O)OCc1ccccc1)C(OC(C)=O)c1ccccc1. The molecule has 118 valence electrons. The van der Waals surface area contributed by atoms with Crippen LogP contribution in [0.2, 0.25) is 0 Å². The summed E-state index contributed by atoms with van der Waals surface area (Å²) in [4.78, 5) is 23.5. The lowest BCUT2D eigenvalue weighted by Crippen LogP contribution is -2.18. The third kappa shape index (κ3) is 4.81. The van der Waals surface area contributed by atoms with E-state index in [4.69, 9.17) is 9.47 Å². The van der Waals surface area contributed by atoms with Gasteiger partial charge in [-0.05, 0) is 11.1 Å². The van der Waals surface area contributed by atoms with Crippen LogP contribution in [-0.4, -0.2) is 11.9 Å². The van der Waals surface area contributed by atoms with E-state index in [2.05, 4.69) is 6.58 Å². The number of hydrogen-bond acceptors (Lipinski definition) is 4. The second kappa shape index (κ2) is 7.94. The van der Waals surface area contributed by atoms with Crippen LogP contribution in [0, 0.1) is 0 Å². The highest BCUT2D eigenvalue weighted by Gasteiger charge is 2.24. The van der Waals surface area contributed by atoms with Crippen LogP contribution in [0.1, 0.15) is 24.2 Å². The lowest BCUT2D eigenvalue weighted by Gasteiger charge is -2.19. The van der Waals surface area contributed by atoms with Gasteiger partial charge in [-0.25, -0.2) is 4.79 Å². The van der Waals surface area contributed by atoms with Crippen molar-refractivity contribution in [2.45, 2.75) is 19.6 Å². The van der Waals surface area contributed by atoms with Gasteiger partial charge in [-0.3, -0.25) is 4.79 Å². The Morgan fingerprint density at radius 1 is 1.00 bits per heavy atom. The predicted molar refractivity (Wildman–Crippen MR) is 86.3 cm³/mol. The van der Waals surface area contributed by atoms with Crippen molar-refractivity contribution in [3.8, 4) is 0 Å². The Morgan fingerprint density at radius 3 is 2.13 bits per heavy atom. The maximum atomic E-state index is 12.2. The summed E-state index contributed by atoms with van der Waals surface area (Å²) in [7, 11) is 0. The zero-order valence-electron chi connectivity index (χ0n) is 12.9. The molecule has 0 spiro atoms. The van der Waals surface area contributed by atoms with Gasteiger partial charge in [0.2, 0.25) is 0 Å². The molecule has 2 aromatic rings. The number of benzene rings is 2. The van der Waals surface area contributed by atoms with Crippen molar-refractivity contribution in [3.63, 3.8) is 0 Å². The molecule has 0 bridgehead atoms. The molecule has 23 heavy (non-hydrogen) atoms. The van der Waals surface area contributed by atoms with E-state index in [-0.39, 0.29) is 12.2 Å². The lowest BCUT2D eigenvalue weighted by atomic mass is 10.0. The first kappa shape index (κ1) is 16.5. The Kier molecular flexibility index (Phi) is 5.69. The first-order chi connectivity index (χ1) is 11.1. The highest BCUT2D eigenvalue weighted by Crippen LogP contribution is 2.26. The summed E-state index contributed by atoms with van der Waals surface area (Å²) >= 11 is 0. The van der Waals surface area contributed by atoms with Crippen LogP contribution in [-0.2, 0) is 25.7 Å². The second-order valence-electron chi connectivity index (χ2n) is 4.99. The Labute approximate surface area is 135 Å². The van der Waals surface area contributed by atoms with E-state index in [1.165, 1.54) is 6.92 Å². The fourth-order valence-electron chi connectivity index (χ4n) is 2.06. The summed E-state index contributed by atoms with van der Waals surface area (Å²) in [5, 5.41) is 0. The summed E-state index contributed by atoms with van der Waals surface area (Å²) < 4.78 is 10.5. The minimum absolute atomic E-state index is 0.0855. The molecular weight excluding hydrogens is 292 g/mol. The number of carbonyl (C=O) groups excluding carboxylic acids is 2. The van der Waals surface area contributed by atoms with Crippen LogP contribution in [0.5, 0.6) is 0 Å². The molecule has 0 aliphatic heterocycles. The molecular formula is C19H18O4. The first-order valence-electron chi connectivity index (χ1n) is 7.20. The van der Waals surface area contributed by atoms with Gasteiger partial charge >= 0.3 is 11.9 Å². The van der Waals surface area contributed by atoms with E-state index in [1.807, 2.05) is 36.4 Å². The maximum absolute atomic E-state index is 12.2. The summed E-state index contributed by atoms with van der Waals surface area (Å²) in [5.74, 6) is -1.08. The summed E-state index contributed by atoms with van der Waals surface area (Å²) in [6.45, 7) is 5.17. The zero-order valence-corrected chi connectivity index (χ0v) is 12.9. The van der Waals surface area contributed by atoms with Crippen LogP contribution in [0.25, 0.3) is 0 Å². The molecule has 0 saturated carbocycles. The lowest BCUT2D eigenvalue weighted by molar-refractivity contribution is -0.148. The molecule has 2 aromatic carbocycles. The van der Waals surface area contributed by atoms with Crippen molar-refractivity contribution in [1.29, 1.82) is 0 Å². The highest BCUT2D eigenvalue weighted by molar-refractivity contribution is 5.89. The second-order valence-corrected chi connectivity index (χ2v) is 4.99. The molecule has 0 aliphatic rings. The summed E-state index contributed by atoms with van der Waals surface area (Å²) in [6.07, 6.45) is -0.850. The third-order valence-corrected chi connectivity index (χ3v) is 3.18. The molecule has 1 atom stereocenters. The van der Waals surface area contributed by atoms with Gasteiger partial charge in [0.1, 0.15) is 6.61 Å². The van der Waals surface area contributed by atoms with E-state index >= 15 is 0 Å². The number of carbonyl (C=O) groups is 2. The van der Waals surface area contributed by atoms with Crippen LogP contribution in [0.4, 0.5) is 0 Å². The Bertz CT molecular complexity index is 677. The average Bonchev–Trinajstić information content (AvgIpc) is 2.58. The quantitative estimate of drug-likeness (QED) is 0.604. The molecule has 0 N–H and O–H groups in total. The van der Waals surface area contributed by atoms with E-state index in [0.717, 1.165) is 5.56 Å². The van der Waals surface area contributed by atoms with Gasteiger partial charge in [0.25, 0.3) is 0 Å². The van der Waals surface area contributed by atoms with E-state index < -0.39 is 18.0 Å². The average molecular weight is 310 g/mol. The van der Waals surface area contributed by atoms with Crippen LogP contribution in [0.3, 0.4) is 0 Å². The molecule has 2 rings (SSSR count). The van der Waals surface area contributed by atoms with E-state index in [1.54, 1.807) is 24.3 Å². The molecule has 1 unspecified atom stereocenters. The maximum Gasteiger partial charge on any atom is 0.337 e. The standard InChI is InChI=1S/C19H18O4/c1-14(19(21)22-13-16-9-5-3-6-10-16)18(23-15(2)20)17-11-7-4-8-12-17/h3-12,18H,1,13H2,2H3. The normalized spacial score (nSPS) is 11.3. The Balaban J connectivity index is 2.07. The predicted octanol–water partition coefficient (Wildman–Crippen LogP) is 3.59. The number of hydrogen-bond donors (Lipinski definition) is 0. The molecule has 0 radical (unpaired) electrons. The minimum Gasteiger partial charge on any atom is -0.457 e. The number of rotatable bonds is 6. The fraction of sp³-hybridized carbons (Fsp3) is 0.158. The van der Waals surface area contributed by atoms with Gasteiger partial charge in [-0.15, -0.1) is 0 Å². The molecule has 0 saturated heterocycles. The highest BCUT2D eigenvalue weighted by atomic mass is 16.6. The number of esters is 2. The molecule has 0 fully saturated rings. The first-order valence-corrected chi connectivity index (χ1v) is 7.20. The van der Waals surface area contributed by atoms with Crippen LogP contribution >= 0.6 is 0 Å². The monoisotopic (exact) mass is 310 g/mol. The van der Waals surface area contributed by atoms with Gasteiger partial charge in [0.05, 0.1) is 5.57 Å². The zero-order chi connectivity index (χ0) is 16.7. The van der Waals surface area contributed by atoms with Crippen molar-refractivity contribution < 1.29 is 19.1 Å². The fourth-order valence-corrected chi connectivity index (χ4v) is 2.06. The van der Waals surface area contributed by atoms with Crippen LogP contribution < -0.4 is 0 Å². The summed E-state index contributed by atoms with van der Waals surface area (Å²) in [5.41, 5.74) is 1.63. The van der Waals surface area contributed by atoms with Crippen molar-refractivity contribution in [1.82, 2.24) is 0 Å². The summed E-state index contributed by atoms with van der Waals surface area (Å²) in [6, 6.07) is 18.3. The van der Waals surface area contributed by atoms with Crippen molar-refractivity contribution >= 4 is 11.9 Å². The van der Waals surface area contributed by atoms with E-state index in [0.29, 0.717) is 5.56 Å². The Hall–Kier alpha value is -2.88. The van der Waals surface area contributed by atoms with Gasteiger partial charge in [-0.2, -0.15) is 0 Å². The van der Waals surface area contributed by atoms with Crippen molar-refractivity contribution in [3.05, 3.63) is 83.9 Å². The smallest absolute Gasteiger partial charge is 0.337 e. The molecule has 4 heteroatoms. The van der Waals surface area contributed by atoms with Crippen molar-refractivity contribution in [2.75, 3.05) is 0 Å². The van der Waals surface area contributed by atoms with Crippen molar-refractivity contribution in [2.24, 2.45) is 0 Å². The largest absolute Gasteiger partial charge is 0.457 e. The van der Waals surface area contributed by atoms with Gasteiger partial charge in [0.15, 0.2) is 6.10 Å². The molecule has 0 amide bonds. The molecule has 0 heterocycles. The Morgan fingerprint density at radius 2 is 1.57 bits per heavy atom. The molecule has 0 aliphatic carbocycles. The van der Waals surface area contributed by atoms with Gasteiger partial charge < -0.3 is 9.47 Å². The third-order valence-electron chi connectivity index (χ3n) is 3.18. The van der Waals surface area contributed by atoms with Gasteiger partial charge in [0, 0.05) is 6.92 Å². The minimum atomic E-state index is -0.850. The van der Waals surface area contributed by atoms with Crippen LogP contribution in [0.15, 0.2) is 72.8 Å².